The predicted octanol–water partition coefficient (Wildman–Crippen LogP) is 4.33. The molecule has 0 spiro atoms. The van der Waals surface area contributed by atoms with Crippen LogP contribution in [-0.2, 0) is 6.42 Å². The monoisotopic (exact) mass is 272 g/mol. The van der Waals surface area contributed by atoms with E-state index < -0.39 is 5.60 Å². The maximum absolute atomic E-state index is 10.4. The van der Waals surface area contributed by atoms with E-state index >= 15 is 0 Å². The van der Waals surface area contributed by atoms with E-state index in [0.29, 0.717) is 28.3 Å². The first kappa shape index (κ1) is 13.2. The summed E-state index contributed by atoms with van der Waals surface area (Å²) in [6.45, 7) is 4.42. The molecule has 1 N–H and O–H groups in total. The molecule has 0 aromatic heterocycles. The highest BCUT2D eigenvalue weighted by Crippen LogP contribution is 2.44. The van der Waals surface area contributed by atoms with Crippen molar-refractivity contribution in [3.8, 4) is 0 Å². The molecule has 0 atom stereocenters. The van der Waals surface area contributed by atoms with Crippen molar-refractivity contribution in [1.29, 1.82) is 0 Å². The fraction of sp³-hybridized carbons (Fsp3) is 0.571. The number of hydrogen-bond acceptors (Lipinski definition) is 1. The number of rotatable bonds is 3. The fourth-order valence-corrected chi connectivity index (χ4v) is 3.03. The molecule has 0 heterocycles. The molecule has 94 valence electrons. The molecule has 3 heteroatoms. The Morgan fingerprint density at radius 1 is 1.35 bits per heavy atom. The third-order valence-corrected chi connectivity index (χ3v) is 4.35. The van der Waals surface area contributed by atoms with Crippen molar-refractivity contribution in [2.24, 2.45) is 11.8 Å². The normalized spacial score (nSPS) is 28.2. The van der Waals surface area contributed by atoms with E-state index in [-0.39, 0.29) is 0 Å². The highest BCUT2D eigenvalue weighted by atomic mass is 35.5. The average molecular weight is 273 g/mol. The molecular weight excluding hydrogens is 255 g/mol. The number of halogens is 2. The summed E-state index contributed by atoms with van der Waals surface area (Å²) in [4.78, 5) is 0. The van der Waals surface area contributed by atoms with Gasteiger partial charge in [0.1, 0.15) is 0 Å². The Kier molecular flexibility index (Phi) is 3.72. The smallest absolute Gasteiger partial charge is 0.0694 e. The standard InChI is InChI=1S/C14H18Cl2O/c1-9(2)11-7-14(17,8-11)6-10-3-4-12(15)5-13(10)16/h3-5,9,11,17H,6-8H2,1-2H3. The van der Waals surface area contributed by atoms with Crippen molar-refractivity contribution in [2.45, 2.75) is 38.7 Å². The molecule has 1 aromatic rings. The topological polar surface area (TPSA) is 20.2 Å². The van der Waals surface area contributed by atoms with Gasteiger partial charge in [0, 0.05) is 16.5 Å². The van der Waals surface area contributed by atoms with Crippen molar-refractivity contribution in [2.75, 3.05) is 0 Å². The van der Waals surface area contributed by atoms with Crippen molar-refractivity contribution in [1.82, 2.24) is 0 Å². The molecule has 1 nitrogen and oxygen atoms in total. The Bertz CT molecular complexity index is 409. The van der Waals surface area contributed by atoms with Gasteiger partial charge in [0.2, 0.25) is 0 Å². The molecule has 1 fully saturated rings. The molecule has 0 unspecified atom stereocenters. The maximum Gasteiger partial charge on any atom is 0.0694 e. The molecule has 1 aromatic carbocycles. The molecule has 0 bridgehead atoms. The van der Waals surface area contributed by atoms with Crippen molar-refractivity contribution in [3.05, 3.63) is 33.8 Å². The zero-order valence-corrected chi connectivity index (χ0v) is 11.7. The highest BCUT2D eigenvalue weighted by Gasteiger charge is 2.43. The minimum Gasteiger partial charge on any atom is -0.390 e. The Hall–Kier alpha value is -0.240. The third kappa shape index (κ3) is 2.96. The number of hydrogen-bond donors (Lipinski definition) is 1. The van der Waals surface area contributed by atoms with Gasteiger partial charge in [-0.25, -0.2) is 0 Å². The molecule has 1 aliphatic rings. The lowest BCUT2D eigenvalue weighted by molar-refractivity contribution is -0.0860. The number of benzene rings is 1. The molecule has 1 saturated carbocycles. The minimum atomic E-state index is -0.563. The fourth-order valence-electron chi connectivity index (χ4n) is 2.55. The predicted molar refractivity (Wildman–Crippen MR) is 72.7 cm³/mol. The molecule has 2 rings (SSSR count). The van der Waals surface area contributed by atoms with Gasteiger partial charge in [0.25, 0.3) is 0 Å². The van der Waals surface area contributed by atoms with Crippen LogP contribution in [0.4, 0.5) is 0 Å². The average Bonchev–Trinajstić information content (AvgIpc) is 2.18. The van der Waals surface area contributed by atoms with Crippen LogP contribution < -0.4 is 0 Å². The van der Waals surface area contributed by atoms with Crippen LogP contribution in [0.3, 0.4) is 0 Å². The van der Waals surface area contributed by atoms with E-state index in [9.17, 15) is 5.11 Å². The molecule has 0 amide bonds. The molecule has 17 heavy (non-hydrogen) atoms. The zero-order chi connectivity index (χ0) is 12.6. The van der Waals surface area contributed by atoms with Gasteiger partial charge in [-0.05, 0) is 42.4 Å². The largest absolute Gasteiger partial charge is 0.390 e. The lowest BCUT2D eigenvalue weighted by Crippen LogP contribution is -2.47. The SMILES string of the molecule is CC(C)C1CC(O)(Cc2ccc(Cl)cc2Cl)C1. The van der Waals surface area contributed by atoms with Crippen LogP contribution in [-0.4, -0.2) is 10.7 Å². The van der Waals surface area contributed by atoms with Crippen LogP contribution >= 0.6 is 23.2 Å². The van der Waals surface area contributed by atoms with Gasteiger partial charge in [0.05, 0.1) is 5.60 Å². The Balaban J connectivity index is 2.02. The molecule has 0 aliphatic heterocycles. The van der Waals surface area contributed by atoms with Gasteiger partial charge in [-0.3, -0.25) is 0 Å². The lowest BCUT2D eigenvalue weighted by Gasteiger charge is -2.46. The summed E-state index contributed by atoms with van der Waals surface area (Å²) < 4.78 is 0. The van der Waals surface area contributed by atoms with Crippen LogP contribution in [0.15, 0.2) is 18.2 Å². The van der Waals surface area contributed by atoms with Crippen LogP contribution in [0.2, 0.25) is 10.0 Å². The van der Waals surface area contributed by atoms with Gasteiger partial charge in [-0.15, -0.1) is 0 Å². The second-order valence-corrected chi connectivity index (χ2v) is 6.39. The summed E-state index contributed by atoms with van der Waals surface area (Å²) in [6, 6.07) is 5.47. The van der Waals surface area contributed by atoms with E-state index in [1.165, 1.54) is 0 Å². The lowest BCUT2D eigenvalue weighted by atomic mass is 9.64. The van der Waals surface area contributed by atoms with E-state index in [1.807, 2.05) is 12.1 Å². The Labute approximate surface area is 113 Å². The first-order chi connectivity index (χ1) is 7.89. The van der Waals surface area contributed by atoms with E-state index in [0.717, 1.165) is 18.4 Å². The first-order valence-electron chi connectivity index (χ1n) is 6.06. The van der Waals surface area contributed by atoms with Gasteiger partial charge >= 0.3 is 0 Å². The highest BCUT2D eigenvalue weighted by molar-refractivity contribution is 6.35. The van der Waals surface area contributed by atoms with Gasteiger partial charge in [-0.2, -0.15) is 0 Å². The summed E-state index contributed by atoms with van der Waals surface area (Å²) in [6.07, 6.45) is 2.39. The van der Waals surface area contributed by atoms with Crippen LogP contribution in [0.1, 0.15) is 32.3 Å². The van der Waals surface area contributed by atoms with Gasteiger partial charge in [-0.1, -0.05) is 43.1 Å². The van der Waals surface area contributed by atoms with E-state index in [1.54, 1.807) is 6.07 Å². The minimum absolute atomic E-state index is 0.563. The number of aliphatic hydroxyl groups is 1. The summed E-state index contributed by atoms with van der Waals surface area (Å²) in [7, 11) is 0. The van der Waals surface area contributed by atoms with E-state index in [4.69, 9.17) is 23.2 Å². The Morgan fingerprint density at radius 2 is 2.00 bits per heavy atom. The van der Waals surface area contributed by atoms with Crippen LogP contribution in [0, 0.1) is 11.8 Å². The maximum atomic E-state index is 10.4. The first-order valence-corrected chi connectivity index (χ1v) is 6.81. The molecule has 1 aliphatic carbocycles. The molecular formula is C14H18Cl2O. The van der Waals surface area contributed by atoms with Crippen LogP contribution in [0.25, 0.3) is 0 Å². The van der Waals surface area contributed by atoms with Crippen LogP contribution in [0.5, 0.6) is 0 Å². The summed E-state index contributed by atoms with van der Waals surface area (Å²) in [5, 5.41) is 11.7. The van der Waals surface area contributed by atoms with E-state index in [2.05, 4.69) is 13.8 Å². The second-order valence-electron chi connectivity index (χ2n) is 5.55. The second kappa shape index (κ2) is 4.79. The molecule has 0 saturated heterocycles. The van der Waals surface area contributed by atoms with Crippen molar-refractivity contribution >= 4 is 23.2 Å². The van der Waals surface area contributed by atoms with Crippen molar-refractivity contribution in [3.63, 3.8) is 0 Å². The molecule has 0 radical (unpaired) electrons. The van der Waals surface area contributed by atoms with Gasteiger partial charge < -0.3 is 5.11 Å². The van der Waals surface area contributed by atoms with Crippen molar-refractivity contribution < 1.29 is 5.11 Å². The summed E-state index contributed by atoms with van der Waals surface area (Å²) in [5.41, 5.74) is 0.424. The quantitative estimate of drug-likeness (QED) is 0.868. The Morgan fingerprint density at radius 3 is 2.53 bits per heavy atom. The van der Waals surface area contributed by atoms with Gasteiger partial charge in [0.15, 0.2) is 0 Å². The zero-order valence-electron chi connectivity index (χ0n) is 10.2. The summed E-state index contributed by atoms with van der Waals surface area (Å²) in [5.74, 6) is 1.29. The third-order valence-electron chi connectivity index (χ3n) is 3.76. The summed E-state index contributed by atoms with van der Waals surface area (Å²) >= 11 is 12.0.